The highest BCUT2D eigenvalue weighted by Crippen LogP contribution is 2.35. The molecule has 0 spiro atoms. The van der Waals surface area contributed by atoms with Gasteiger partial charge in [0, 0.05) is 18.8 Å². The molecular formula is C23H36O5. The summed E-state index contributed by atoms with van der Waals surface area (Å²) >= 11 is 0. The number of hydrogen-bond acceptors (Lipinski definition) is 4. The van der Waals surface area contributed by atoms with Crippen LogP contribution in [0.4, 0.5) is 0 Å². The predicted molar refractivity (Wildman–Crippen MR) is 108 cm³/mol. The Morgan fingerprint density at radius 2 is 1.86 bits per heavy atom. The summed E-state index contributed by atoms with van der Waals surface area (Å²) in [5.74, 6) is 5.40. The molecule has 2 rings (SSSR count). The van der Waals surface area contributed by atoms with Crippen LogP contribution in [0.25, 0.3) is 0 Å². The third-order valence-electron chi connectivity index (χ3n) is 6.18. The summed E-state index contributed by atoms with van der Waals surface area (Å²) < 4.78 is 0. The number of carboxylic acids is 1. The lowest BCUT2D eigenvalue weighted by Gasteiger charge is -2.21. The number of aliphatic hydroxyl groups is 3. The van der Waals surface area contributed by atoms with Crippen LogP contribution in [-0.2, 0) is 4.79 Å². The highest BCUT2D eigenvalue weighted by Gasteiger charge is 2.40. The van der Waals surface area contributed by atoms with Crippen LogP contribution in [0.3, 0.4) is 0 Å². The van der Waals surface area contributed by atoms with Gasteiger partial charge in [0.2, 0.25) is 0 Å². The third kappa shape index (κ3) is 7.95. The molecule has 0 unspecified atom stereocenters. The van der Waals surface area contributed by atoms with E-state index in [1.54, 1.807) is 0 Å². The molecule has 0 aromatic heterocycles. The molecule has 0 aromatic rings. The average Bonchev–Trinajstić information content (AvgIpc) is 2.94. The molecule has 2 aliphatic rings. The number of allylic oxidation sites excluding steroid dienone is 2. The number of aliphatic hydroxyl groups excluding tert-OH is 3. The minimum Gasteiger partial charge on any atom is -0.481 e. The van der Waals surface area contributed by atoms with Crippen LogP contribution in [0.5, 0.6) is 0 Å². The lowest BCUT2D eigenvalue weighted by atomic mass is 9.85. The molecule has 2 saturated carbocycles. The van der Waals surface area contributed by atoms with Crippen molar-refractivity contribution >= 4 is 5.97 Å². The van der Waals surface area contributed by atoms with E-state index in [0.717, 1.165) is 6.42 Å². The molecule has 0 amide bonds. The van der Waals surface area contributed by atoms with Gasteiger partial charge in [0.05, 0.1) is 18.1 Å². The first-order valence-electron chi connectivity index (χ1n) is 10.9. The lowest BCUT2D eigenvalue weighted by molar-refractivity contribution is -0.137. The fraction of sp³-hybridized carbons (Fsp3) is 0.783. The lowest BCUT2D eigenvalue weighted by Crippen LogP contribution is -2.21. The summed E-state index contributed by atoms with van der Waals surface area (Å²) in [5, 5.41) is 39.3. The predicted octanol–water partition coefficient (Wildman–Crippen LogP) is 3.27. The molecule has 2 aliphatic carbocycles. The number of unbranched alkanes of at least 4 members (excludes halogenated alkanes) is 1. The SMILES string of the molecule is O=C(O)CCC/C=C/C[C@@H]1[C@@H](C#C[C@@H](O)CCC2CCCCC2)[C@H](O)C[C@@H]1O. The Labute approximate surface area is 168 Å². The van der Waals surface area contributed by atoms with Gasteiger partial charge in [-0.05, 0) is 38.0 Å². The molecule has 0 heterocycles. The minimum atomic E-state index is -0.792. The zero-order valence-electron chi connectivity index (χ0n) is 16.8. The van der Waals surface area contributed by atoms with Gasteiger partial charge in [-0.1, -0.05) is 56.1 Å². The van der Waals surface area contributed by atoms with Crippen molar-refractivity contribution in [3.8, 4) is 11.8 Å². The van der Waals surface area contributed by atoms with Crippen LogP contribution in [0.2, 0.25) is 0 Å². The smallest absolute Gasteiger partial charge is 0.303 e. The minimum absolute atomic E-state index is 0.149. The van der Waals surface area contributed by atoms with Crippen molar-refractivity contribution in [2.45, 2.75) is 95.4 Å². The summed E-state index contributed by atoms with van der Waals surface area (Å²) in [7, 11) is 0. The quantitative estimate of drug-likeness (QED) is 0.274. The van der Waals surface area contributed by atoms with Crippen molar-refractivity contribution in [2.24, 2.45) is 17.8 Å². The maximum Gasteiger partial charge on any atom is 0.303 e. The summed E-state index contributed by atoms with van der Waals surface area (Å²) in [6, 6.07) is 0. The van der Waals surface area contributed by atoms with Gasteiger partial charge in [0.25, 0.3) is 0 Å². The topological polar surface area (TPSA) is 98.0 Å². The first-order valence-corrected chi connectivity index (χ1v) is 10.9. The average molecular weight is 393 g/mol. The Balaban J connectivity index is 1.79. The van der Waals surface area contributed by atoms with Crippen molar-refractivity contribution in [2.75, 3.05) is 0 Å². The van der Waals surface area contributed by atoms with E-state index in [4.69, 9.17) is 5.11 Å². The zero-order chi connectivity index (χ0) is 20.4. The van der Waals surface area contributed by atoms with Crippen LogP contribution >= 0.6 is 0 Å². The normalized spacial score (nSPS) is 29.5. The molecule has 5 nitrogen and oxygen atoms in total. The second-order valence-corrected chi connectivity index (χ2v) is 8.44. The number of carboxylic acid groups (broad SMARTS) is 1. The highest BCUT2D eigenvalue weighted by atomic mass is 16.4. The van der Waals surface area contributed by atoms with Gasteiger partial charge >= 0.3 is 5.97 Å². The van der Waals surface area contributed by atoms with E-state index in [9.17, 15) is 20.1 Å². The Kier molecular flexibility index (Phi) is 10.0. The molecule has 28 heavy (non-hydrogen) atoms. The molecule has 158 valence electrons. The first kappa shape index (κ1) is 22.9. The van der Waals surface area contributed by atoms with Crippen molar-refractivity contribution in [1.82, 2.24) is 0 Å². The van der Waals surface area contributed by atoms with Crippen LogP contribution in [-0.4, -0.2) is 44.7 Å². The largest absolute Gasteiger partial charge is 0.481 e. The van der Waals surface area contributed by atoms with Crippen molar-refractivity contribution in [1.29, 1.82) is 0 Å². The third-order valence-corrected chi connectivity index (χ3v) is 6.18. The van der Waals surface area contributed by atoms with Gasteiger partial charge in [-0.3, -0.25) is 4.79 Å². The Hall–Kier alpha value is -1.35. The number of carbonyl (C=O) groups is 1. The number of hydrogen-bond donors (Lipinski definition) is 4. The van der Waals surface area contributed by atoms with E-state index in [-0.39, 0.29) is 18.3 Å². The number of aliphatic carboxylic acids is 1. The van der Waals surface area contributed by atoms with Crippen LogP contribution in [0, 0.1) is 29.6 Å². The summed E-state index contributed by atoms with van der Waals surface area (Å²) in [6.45, 7) is 0. The monoisotopic (exact) mass is 392 g/mol. The van der Waals surface area contributed by atoms with E-state index in [0.29, 0.717) is 38.0 Å². The molecule has 0 saturated heterocycles. The zero-order valence-corrected chi connectivity index (χ0v) is 16.8. The van der Waals surface area contributed by atoms with Crippen molar-refractivity contribution < 1.29 is 25.2 Å². The molecular weight excluding hydrogens is 356 g/mol. The van der Waals surface area contributed by atoms with Gasteiger partial charge in [0.15, 0.2) is 0 Å². The van der Waals surface area contributed by atoms with Crippen molar-refractivity contribution in [3.63, 3.8) is 0 Å². The Morgan fingerprint density at radius 3 is 2.57 bits per heavy atom. The molecule has 0 radical (unpaired) electrons. The van der Waals surface area contributed by atoms with Crippen LogP contribution < -0.4 is 0 Å². The maximum atomic E-state index is 10.5. The molecule has 0 aromatic carbocycles. The summed E-state index contributed by atoms with van der Waals surface area (Å²) in [6.07, 6.45) is 12.4. The molecule has 4 N–H and O–H groups in total. The molecule has 2 fully saturated rings. The van der Waals surface area contributed by atoms with Gasteiger partial charge in [-0.15, -0.1) is 0 Å². The van der Waals surface area contributed by atoms with Gasteiger partial charge in [-0.2, -0.15) is 0 Å². The van der Waals surface area contributed by atoms with Crippen LogP contribution in [0.15, 0.2) is 12.2 Å². The van der Waals surface area contributed by atoms with Gasteiger partial charge in [-0.25, -0.2) is 0 Å². The summed E-state index contributed by atoms with van der Waals surface area (Å²) in [5.41, 5.74) is 0. The summed E-state index contributed by atoms with van der Waals surface area (Å²) in [4.78, 5) is 10.5. The molecule has 5 heteroatoms. The molecule has 0 aliphatic heterocycles. The standard InChI is InChI=1S/C23H36O5/c24-18(13-12-17-8-4-3-5-9-17)14-15-20-19(21(25)16-22(20)26)10-6-1-2-7-11-23(27)28/h1,6,17-22,24-26H,2-5,7-13,16H2,(H,27,28)/b6-1+/t18-,19+,20+,21-,22+/m0/s1. The second kappa shape index (κ2) is 12.3. The Bertz CT molecular complexity index is 555. The van der Waals surface area contributed by atoms with E-state index >= 15 is 0 Å². The highest BCUT2D eigenvalue weighted by molar-refractivity contribution is 5.66. The van der Waals surface area contributed by atoms with E-state index in [1.807, 2.05) is 12.2 Å². The van der Waals surface area contributed by atoms with E-state index < -0.39 is 24.3 Å². The van der Waals surface area contributed by atoms with Gasteiger partial charge < -0.3 is 20.4 Å². The van der Waals surface area contributed by atoms with E-state index in [2.05, 4.69) is 11.8 Å². The first-order chi connectivity index (χ1) is 13.5. The van der Waals surface area contributed by atoms with Gasteiger partial charge in [0.1, 0.15) is 6.10 Å². The maximum absolute atomic E-state index is 10.5. The Morgan fingerprint density at radius 1 is 1.11 bits per heavy atom. The second-order valence-electron chi connectivity index (χ2n) is 8.44. The molecule has 0 bridgehead atoms. The van der Waals surface area contributed by atoms with E-state index in [1.165, 1.54) is 32.1 Å². The number of rotatable bonds is 9. The fourth-order valence-electron chi connectivity index (χ4n) is 4.48. The molecule has 5 atom stereocenters. The van der Waals surface area contributed by atoms with Crippen molar-refractivity contribution in [3.05, 3.63) is 12.2 Å². The van der Waals surface area contributed by atoms with Crippen LogP contribution in [0.1, 0.15) is 77.0 Å². The fourth-order valence-corrected chi connectivity index (χ4v) is 4.48.